The Balaban J connectivity index is 1.87. The Morgan fingerprint density at radius 1 is 1.31 bits per heavy atom. The molecule has 152 valence electrons. The van der Waals surface area contributed by atoms with Gasteiger partial charge in [0.2, 0.25) is 0 Å². The molecule has 2 aromatic heterocycles. The summed E-state index contributed by atoms with van der Waals surface area (Å²) < 4.78 is 11.0. The molecule has 0 radical (unpaired) electrons. The number of hydrogen-bond acceptors (Lipinski definition) is 6. The molecule has 0 saturated heterocycles. The molecule has 0 bridgehead atoms. The molecule has 0 aliphatic rings. The van der Waals surface area contributed by atoms with Gasteiger partial charge in [0.15, 0.2) is 0 Å². The van der Waals surface area contributed by atoms with Gasteiger partial charge in [-0.15, -0.1) is 17.9 Å². The van der Waals surface area contributed by atoms with Crippen LogP contribution in [-0.4, -0.2) is 24.1 Å². The molecule has 1 N–H and O–H groups in total. The smallest absolute Gasteiger partial charge is 0.411 e. The van der Waals surface area contributed by atoms with Crippen molar-refractivity contribution in [1.29, 1.82) is 0 Å². The van der Waals surface area contributed by atoms with Gasteiger partial charge in [0.05, 0.1) is 10.9 Å². The van der Waals surface area contributed by atoms with Gasteiger partial charge in [0, 0.05) is 47.7 Å². The predicted molar refractivity (Wildman–Crippen MR) is 117 cm³/mol. The highest BCUT2D eigenvalue weighted by molar-refractivity contribution is 7.16. The van der Waals surface area contributed by atoms with Crippen LogP contribution in [0.5, 0.6) is 0 Å². The lowest BCUT2D eigenvalue weighted by molar-refractivity contribution is 0.168. The van der Waals surface area contributed by atoms with E-state index < -0.39 is 11.7 Å². The number of nitrogens with zero attached hydrogens (tertiary/aromatic N) is 1. The van der Waals surface area contributed by atoms with E-state index >= 15 is 0 Å². The number of carbonyl (C=O) groups excluding carboxylic acids is 1. The molecule has 0 aliphatic carbocycles. The number of amides is 1. The second-order valence-corrected chi connectivity index (χ2v) is 8.11. The van der Waals surface area contributed by atoms with Crippen molar-refractivity contribution in [1.82, 2.24) is 4.90 Å². The van der Waals surface area contributed by atoms with E-state index in [2.05, 4.69) is 16.8 Å². The maximum Gasteiger partial charge on any atom is 0.411 e. The summed E-state index contributed by atoms with van der Waals surface area (Å²) in [5.74, 6) is 0. The molecule has 3 aromatic rings. The minimum Gasteiger partial charge on any atom is -0.450 e. The summed E-state index contributed by atoms with van der Waals surface area (Å²) in [6.45, 7) is 7.70. The maximum absolute atomic E-state index is 12.1. The number of fused-ring (bicyclic) bond motifs is 1. The molecular formula is C21H21ClN2O4S. The van der Waals surface area contributed by atoms with E-state index in [4.69, 9.17) is 20.8 Å². The van der Waals surface area contributed by atoms with Crippen LogP contribution in [0.4, 0.5) is 10.5 Å². The first-order valence-electron chi connectivity index (χ1n) is 9.06. The SMILES string of the molecule is C=CCN(Cc1ccc(Cl)s1)Cc1cc(=O)oc2cc(NC(=O)OCC)ccc12. The van der Waals surface area contributed by atoms with Crippen molar-refractivity contribution in [2.75, 3.05) is 18.5 Å². The summed E-state index contributed by atoms with van der Waals surface area (Å²) in [6.07, 6.45) is 1.27. The quantitative estimate of drug-likeness (QED) is 0.388. The minimum atomic E-state index is -0.558. The van der Waals surface area contributed by atoms with E-state index in [0.29, 0.717) is 30.9 Å². The third-order valence-corrected chi connectivity index (χ3v) is 5.36. The lowest BCUT2D eigenvalue weighted by atomic mass is 10.1. The van der Waals surface area contributed by atoms with Gasteiger partial charge in [-0.3, -0.25) is 10.2 Å². The fourth-order valence-corrected chi connectivity index (χ4v) is 4.12. The normalized spacial score (nSPS) is 11.0. The molecule has 6 nitrogen and oxygen atoms in total. The largest absolute Gasteiger partial charge is 0.450 e. The van der Waals surface area contributed by atoms with Gasteiger partial charge in [-0.05, 0) is 36.8 Å². The van der Waals surface area contributed by atoms with Crippen molar-refractivity contribution in [3.8, 4) is 0 Å². The van der Waals surface area contributed by atoms with E-state index in [-0.39, 0.29) is 6.61 Å². The first kappa shape index (κ1) is 21.1. The van der Waals surface area contributed by atoms with Gasteiger partial charge in [-0.25, -0.2) is 9.59 Å². The van der Waals surface area contributed by atoms with Crippen LogP contribution in [-0.2, 0) is 17.8 Å². The highest BCUT2D eigenvalue weighted by Crippen LogP contribution is 2.25. The summed E-state index contributed by atoms with van der Waals surface area (Å²) >= 11 is 7.57. The Bertz CT molecular complexity index is 1080. The molecule has 0 unspecified atom stereocenters. The average Bonchev–Trinajstić information content (AvgIpc) is 3.06. The number of carbonyl (C=O) groups is 1. The highest BCUT2D eigenvalue weighted by Gasteiger charge is 2.13. The van der Waals surface area contributed by atoms with Crippen LogP contribution < -0.4 is 10.9 Å². The molecule has 1 amide bonds. The number of hydrogen-bond donors (Lipinski definition) is 1. The maximum atomic E-state index is 12.1. The molecule has 1 aromatic carbocycles. The van der Waals surface area contributed by atoms with Crippen LogP contribution in [0.2, 0.25) is 4.34 Å². The number of ether oxygens (including phenoxy) is 1. The first-order chi connectivity index (χ1) is 14.0. The van der Waals surface area contributed by atoms with Gasteiger partial charge < -0.3 is 9.15 Å². The molecule has 8 heteroatoms. The molecule has 0 spiro atoms. The van der Waals surface area contributed by atoms with Gasteiger partial charge in [-0.2, -0.15) is 0 Å². The molecular weight excluding hydrogens is 412 g/mol. The molecule has 29 heavy (non-hydrogen) atoms. The monoisotopic (exact) mass is 432 g/mol. The zero-order valence-electron chi connectivity index (χ0n) is 15.9. The summed E-state index contributed by atoms with van der Waals surface area (Å²) in [4.78, 5) is 27.0. The third kappa shape index (κ3) is 5.69. The second kappa shape index (κ2) is 9.73. The van der Waals surface area contributed by atoms with Crippen molar-refractivity contribution in [2.24, 2.45) is 0 Å². The van der Waals surface area contributed by atoms with Crippen LogP contribution in [0.1, 0.15) is 17.4 Å². The van der Waals surface area contributed by atoms with Gasteiger partial charge in [0.25, 0.3) is 0 Å². The van der Waals surface area contributed by atoms with E-state index in [9.17, 15) is 9.59 Å². The lowest BCUT2D eigenvalue weighted by Gasteiger charge is -2.20. The summed E-state index contributed by atoms with van der Waals surface area (Å²) in [7, 11) is 0. The lowest BCUT2D eigenvalue weighted by Crippen LogP contribution is -2.23. The zero-order chi connectivity index (χ0) is 20.8. The molecule has 0 fully saturated rings. The number of nitrogens with one attached hydrogen (secondary N) is 1. The van der Waals surface area contributed by atoms with Crippen molar-refractivity contribution in [2.45, 2.75) is 20.0 Å². The standard InChI is InChI=1S/C21H21ClN2O4S/c1-3-9-24(13-16-6-8-19(22)29-16)12-14-10-20(25)28-18-11-15(5-7-17(14)18)23-21(26)27-4-2/h3,5-8,10-11H,1,4,9,12-13H2,2H3,(H,23,26). The van der Waals surface area contributed by atoms with Crippen molar-refractivity contribution in [3.63, 3.8) is 0 Å². The minimum absolute atomic E-state index is 0.271. The van der Waals surface area contributed by atoms with Crippen LogP contribution >= 0.6 is 22.9 Å². The Kier molecular flexibility index (Phi) is 7.09. The average molecular weight is 433 g/mol. The van der Waals surface area contributed by atoms with Crippen LogP contribution in [0.15, 0.2) is 58.3 Å². The number of anilines is 1. The number of benzene rings is 1. The first-order valence-corrected chi connectivity index (χ1v) is 10.3. The van der Waals surface area contributed by atoms with Gasteiger partial charge >= 0.3 is 11.7 Å². The fourth-order valence-electron chi connectivity index (χ4n) is 2.99. The summed E-state index contributed by atoms with van der Waals surface area (Å²) in [6, 6.07) is 10.6. The fraction of sp³-hybridized carbons (Fsp3) is 0.238. The van der Waals surface area contributed by atoms with E-state index in [0.717, 1.165) is 20.2 Å². The molecule has 3 rings (SSSR count). The number of thiophene rings is 1. The van der Waals surface area contributed by atoms with E-state index in [1.165, 1.54) is 17.4 Å². The molecule has 0 atom stereocenters. The Hall–Kier alpha value is -2.61. The van der Waals surface area contributed by atoms with Crippen LogP contribution in [0, 0.1) is 0 Å². The predicted octanol–water partition coefficient (Wildman–Crippen LogP) is 5.26. The molecule has 0 aliphatic heterocycles. The van der Waals surface area contributed by atoms with E-state index in [1.54, 1.807) is 19.1 Å². The Labute approximate surface area is 177 Å². The van der Waals surface area contributed by atoms with E-state index in [1.807, 2.05) is 24.3 Å². The second-order valence-electron chi connectivity index (χ2n) is 6.31. The zero-order valence-corrected chi connectivity index (χ0v) is 17.5. The van der Waals surface area contributed by atoms with Gasteiger partial charge in [-0.1, -0.05) is 17.7 Å². The summed E-state index contributed by atoms with van der Waals surface area (Å²) in [5.41, 5.74) is 1.29. The van der Waals surface area contributed by atoms with Crippen molar-refractivity contribution in [3.05, 3.63) is 74.3 Å². The topological polar surface area (TPSA) is 71.8 Å². The molecule has 2 heterocycles. The summed E-state index contributed by atoms with van der Waals surface area (Å²) in [5, 5.41) is 3.42. The Morgan fingerprint density at radius 2 is 2.14 bits per heavy atom. The van der Waals surface area contributed by atoms with Crippen LogP contribution in [0.25, 0.3) is 11.0 Å². The Morgan fingerprint density at radius 3 is 2.83 bits per heavy atom. The van der Waals surface area contributed by atoms with Gasteiger partial charge in [0.1, 0.15) is 5.58 Å². The third-order valence-electron chi connectivity index (χ3n) is 4.14. The number of halogens is 1. The molecule has 0 saturated carbocycles. The van der Waals surface area contributed by atoms with Crippen LogP contribution in [0.3, 0.4) is 0 Å². The van der Waals surface area contributed by atoms with Crippen molar-refractivity contribution >= 4 is 45.7 Å². The van der Waals surface area contributed by atoms with Crippen molar-refractivity contribution < 1.29 is 13.9 Å². The highest BCUT2D eigenvalue weighted by atomic mass is 35.5. The number of rotatable bonds is 8.